The van der Waals surface area contributed by atoms with Crippen LogP contribution in [0.15, 0.2) is 46.8 Å². The lowest BCUT2D eigenvalue weighted by atomic mass is 10.1. The predicted molar refractivity (Wildman–Crippen MR) is 107 cm³/mol. The molecule has 0 saturated carbocycles. The van der Waals surface area contributed by atoms with Gasteiger partial charge in [0, 0.05) is 22.9 Å². The maximum Gasteiger partial charge on any atom is 0.273 e. The number of nitro benzene ring substituents is 1. The van der Waals surface area contributed by atoms with E-state index >= 15 is 0 Å². The van der Waals surface area contributed by atoms with Crippen LogP contribution in [0.4, 0.5) is 16.5 Å². The summed E-state index contributed by atoms with van der Waals surface area (Å²) < 4.78 is 0.652. The van der Waals surface area contributed by atoms with Crippen LogP contribution in [0.2, 0.25) is 0 Å². The number of nitrogens with one attached hydrogen (secondary N) is 1. The first kappa shape index (κ1) is 19.0. The Kier molecular flexibility index (Phi) is 5.82. The van der Waals surface area contributed by atoms with Crippen molar-refractivity contribution in [2.75, 3.05) is 11.1 Å². The number of nitrogens with zero attached hydrogens (tertiary/aromatic N) is 3. The number of rotatable bonds is 7. The Morgan fingerprint density at radius 3 is 2.63 bits per heavy atom. The SMILES string of the molecule is Cc1ccc(Nc2nnc(SCC(=O)c3ccc(C)c([N+](=O)[O-])c3)s2)cc1. The second kappa shape index (κ2) is 8.28. The molecule has 1 heterocycles. The maximum atomic E-state index is 12.3. The van der Waals surface area contributed by atoms with Crippen molar-refractivity contribution in [3.05, 3.63) is 69.3 Å². The summed E-state index contributed by atoms with van der Waals surface area (Å²) in [6.07, 6.45) is 0. The van der Waals surface area contributed by atoms with Gasteiger partial charge in [0.1, 0.15) is 0 Å². The topological polar surface area (TPSA) is 98.0 Å². The summed E-state index contributed by atoms with van der Waals surface area (Å²) in [4.78, 5) is 22.9. The molecule has 0 saturated heterocycles. The molecule has 0 amide bonds. The molecule has 7 nitrogen and oxygen atoms in total. The van der Waals surface area contributed by atoms with Crippen LogP contribution in [0.25, 0.3) is 0 Å². The number of aryl methyl sites for hydroxylation is 2. The lowest BCUT2D eigenvalue weighted by molar-refractivity contribution is -0.385. The van der Waals surface area contributed by atoms with Gasteiger partial charge >= 0.3 is 0 Å². The van der Waals surface area contributed by atoms with Crippen molar-refractivity contribution in [3.8, 4) is 0 Å². The molecular formula is C18H16N4O3S2. The van der Waals surface area contributed by atoms with Gasteiger partial charge in [-0.3, -0.25) is 14.9 Å². The van der Waals surface area contributed by atoms with Crippen molar-refractivity contribution >= 4 is 45.4 Å². The lowest BCUT2D eigenvalue weighted by Crippen LogP contribution is -2.04. The van der Waals surface area contributed by atoms with E-state index in [2.05, 4.69) is 15.5 Å². The van der Waals surface area contributed by atoms with Crippen LogP contribution in [-0.4, -0.2) is 26.7 Å². The highest BCUT2D eigenvalue weighted by Crippen LogP contribution is 2.29. The summed E-state index contributed by atoms with van der Waals surface area (Å²) in [5.74, 6) is -0.0503. The average molecular weight is 400 g/mol. The fraction of sp³-hybridized carbons (Fsp3) is 0.167. The summed E-state index contributed by atoms with van der Waals surface area (Å²) in [6.45, 7) is 3.66. The molecule has 0 unspecified atom stereocenters. The number of hydrogen-bond acceptors (Lipinski definition) is 8. The van der Waals surface area contributed by atoms with Crippen molar-refractivity contribution in [3.63, 3.8) is 0 Å². The first-order valence-electron chi connectivity index (χ1n) is 8.00. The Labute approximate surface area is 164 Å². The molecule has 0 aliphatic rings. The first-order chi connectivity index (χ1) is 12.9. The molecule has 1 N–H and O–H groups in total. The van der Waals surface area contributed by atoms with Gasteiger partial charge in [-0.25, -0.2) is 0 Å². The molecule has 1 aromatic heterocycles. The van der Waals surface area contributed by atoms with Gasteiger partial charge in [-0.15, -0.1) is 10.2 Å². The summed E-state index contributed by atoms with van der Waals surface area (Å²) in [5.41, 5.74) is 2.88. The number of thioether (sulfide) groups is 1. The minimum atomic E-state index is -0.479. The number of ketones is 1. The third-order valence-electron chi connectivity index (χ3n) is 3.76. The Morgan fingerprint density at radius 1 is 1.19 bits per heavy atom. The standard InChI is InChI=1S/C18H16N4O3S2/c1-11-3-7-14(8-4-11)19-17-20-21-18(27-17)26-10-16(23)13-6-5-12(2)15(9-13)22(24)25/h3-9H,10H2,1-2H3,(H,19,20). The van der Waals surface area contributed by atoms with Crippen LogP contribution in [-0.2, 0) is 0 Å². The summed E-state index contributed by atoms with van der Waals surface area (Å²) in [6, 6.07) is 12.4. The Morgan fingerprint density at radius 2 is 1.93 bits per heavy atom. The predicted octanol–water partition coefficient (Wildman–Crippen LogP) is 4.78. The molecule has 3 aromatic rings. The van der Waals surface area contributed by atoms with Crippen molar-refractivity contribution in [1.82, 2.24) is 10.2 Å². The molecule has 0 aliphatic carbocycles. The minimum absolute atomic E-state index is 0.0497. The molecule has 0 spiro atoms. The summed E-state index contributed by atoms with van der Waals surface area (Å²) in [7, 11) is 0. The van der Waals surface area contributed by atoms with Crippen molar-refractivity contribution in [2.45, 2.75) is 18.2 Å². The van der Waals surface area contributed by atoms with E-state index in [-0.39, 0.29) is 17.2 Å². The number of carbonyl (C=O) groups is 1. The smallest absolute Gasteiger partial charge is 0.273 e. The van der Waals surface area contributed by atoms with Gasteiger partial charge in [0.15, 0.2) is 10.1 Å². The number of hydrogen-bond donors (Lipinski definition) is 1. The lowest BCUT2D eigenvalue weighted by Gasteiger charge is -2.02. The minimum Gasteiger partial charge on any atom is -0.330 e. The highest BCUT2D eigenvalue weighted by Gasteiger charge is 2.16. The van der Waals surface area contributed by atoms with Crippen LogP contribution in [0.3, 0.4) is 0 Å². The third-order valence-corrected chi connectivity index (χ3v) is 5.74. The molecule has 27 heavy (non-hydrogen) atoms. The number of benzene rings is 2. The highest BCUT2D eigenvalue weighted by molar-refractivity contribution is 8.01. The van der Waals surface area contributed by atoms with Gasteiger partial charge in [-0.1, -0.05) is 52.9 Å². The molecule has 0 bridgehead atoms. The number of Topliss-reactive ketones (excluding diaryl/α,β-unsaturated/α-hetero) is 1. The largest absolute Gasteiger partial charge is 0.330 e. The van der Waals surface area contributed by atoms with E-state index in [0.29, 0.717) is 20.6 Å². The van der Waals surface area contributed by atoms with Crippen LogP contribution in [0, 0.1) is 24.0 Å². The van der Waals surface area contributed by atoms with Crippen LogP contribution < -0.4 is 5.32 Å². The molecule has 9 heteroatoms. The van der Waals surface area contributed by atoms with Gasteiger partial charge in [0.25, 0.3) is 5.69 Å². The maximum absolute atomic E-state index is 12.3. The Bertz CT molecular complexity index is 987. The number of anilines is 2. The van der Waals surface area contributed by atoms with E-state index in [1.54, 1.807) is 19.1 Å². The highest BCUT2D eigenvalue weighted by atomic mass is 32.2. The molecule has 0 atom stereocenters. The average Bonchev–Trinajstić information content (AvgIpc) is 3.09. The van der Waals surface area contributed by atoms with E-state index < -0.39 is 4.92 Å². The van der Waals surface area contributed by atoms with E-state index in [4.69, 9.17) is 0 Å². The fourth-order valence-corrected chi connectivity index (χ4v) is 3.94. The van der Waals surface area contributed by atoms with E-state index in [1.807, 2.05) is 31.2 Å². The van der Waals surface area contributed by atoms with Crippen molar-refractivity contribution in [2.24, 2.45) is 0 Å². The third kappa shape index (κ3) is 4.89. The number of nitro groups is 1. The van der Waals surface area contributed by atoms with Crippen molar-refractivity contribution < 1.29 is 9.72 Å². The summed E-state index contributed by atoms with van der Waals surface area (Å²) in [5, 5.41) is 23.0. The molecule has 2 aromatic carbocycles. The zero-order chi connectivity index (χ0) is 19.4. The van der Waals surface area contributed by atoms with E-state index in [1.165, 1.54) is 34.7 Å². The van der Waals surface area contributed by atoms with Crippen LogP contribution in [0.1, 0.15) is 21.5 Å². The summed E-state index contributed by atoms with van der Waals surface area (Å²) >= 11 is 2.61. The van der Waals surface area contributed by atoms with Gasteiger partial charge < -0.3 is 5.32 Å². The number of carbonyl (C=O) groups excluding carboxylic acids is 1. The second-order valence-electron chi connectivity index (χ2n) is 5.83. The van der Waals surface area contributed by atoms with Gasteiger partial charge in [-0.05, 0) is 26.0 Å². The fourth-order valence-electron chi connectivity index (χ4n) is 2.27. The monoisotopic (exact) mass is 400 g/mol. The molecular weight excluding hydrogens is 384 g/mol. The molecule has 0 radical (unpaired) electrons. The zero-order valence-electron chi connectivity index (χ0n) is 14.6. The first-order valence-corrected chi connectivity index (χ1v) is 9.81. The molecule has 0 fully saturated rings. The van der Waals surface area contributed by atoms with Crippen LogP contribution >= 0.6 is 23.1 Å². The van der Waals surface area contributed by atoms with Crippen molar-refractivity contribution in [1.29, 1.82) is 0 Å². The second-order valence-corrected chi connectivity index (χ2v) is 8.03. The van der Waals surface area contributed by atoms with Crippen LogP contribution in [0.5, 0.6) is 0 Å². The van der Waals surface area contributed by atoms with Gasteiger partial charge in [0.2, 0.25) is 5.13 Å². The molecule has 0 aliphatic heterocycles. The van der Waals surface area contributed by atoms with Gasteiger partial charge in [-0.2, -0.15) is 0 Å². The molecule has 138 valence electrons. The normalized spacial score (nSPS) is 10.6. The zero-order valence-corrected chi connectivity index (χ0v) is 16.3. The van der Waals surface area contributed by atoms with E-state index in [9.17, 15) is 14.9 Å². The van der Waals surface area contributed by atoms with E-state index in [0.717, 1.165) is 5.69 Å². The quantitative estimate of drug-likeness (QED) is 0.264. The van der Waals surface area contributed by atoms with Gasteiger partial charge in [0.05, 0.1) is 10.7 Å². The Balaban J connectivity index is 1.61. The molecule has 3 rings (SSSR count). The Hall–Kier alpha value is -2.78. The number of aromatic nitrogens is 2.